The van der Waals surface area contributed by atoms with Gasteiger partial charge in [0.05, 0.1) is 12.9 Å². The largest absolute Gasteiger partial charge is 0.496 e. The highest BCUT2D eigenvalue weighted by Gasteiger charge is 2.11. The molecule has 0 fully saturated rings. The van der Waals surface area contributed by atoms with Gasteiger partial charge in [-0.3, -0.25) is 5.41 Å². The van der Waals surface area contributed by atoms with Crippen LogP contribution in [0.25, 0.3) is 0 Å². The molecule has 3 N–H and O–H groups in total. The van der Waals surface area contributed by atoms with E-state index >= 15 is 0 Å². The number of rotatable bonds is 6. The Kier molecular flexibility index (Phi) is 5.16. The van der Waals surface area contributed by atoms with Gasteiger partial charge in [-0.1, -0.05) is 24.6 Å². The summed E-state index contributed by atoms with van der Waals surface area (Å²) >= 11 is 0. The van der Waals surface area contributed by atoms with Gasteiger partial charge in [0.1, 0.15) is 5.75 Å². The Labute approximate surface area is 109 Å². The fraction of sp³-hybridized carbons (Fsp3) is 0.500. The Hall–Kier alpha value is -1.55. The normalized spacial score (nSPS) is 12.5. The van der Waals surface area contributed by atoms with Crippen molar-refractivity contribution in [3.63, 3.8) is 0 Å². The predicted molar refractivity (Wildman–Crippen MR) is 75.1 cm³/mol. The second-order valence-electron chi connectivity index (χ2n) is 4.87. The number of nitrogens with one attached hydrogen (secondary N) is 1. The van der Waals surface area contributed by atoms with Crippen molar-refractivity contribution < 1.29 is 4.74 Å². The van der Waals surface area contributed by atoms with Crippen LogP contribution in [0.3, 0.4) is 0 Å². The maximum atomic E-state index is 7.41. The summed E-state index contributed by atoms with van der Waals surface area (Å²) in [5.41, 5.74) is 7.87. The summed E-state index contributed by atoms with van der Waals surface area (Å²) in [5.74, 6) is 1.21. The van der Waals surface area contributed by atoms with Crippen molar-refractivity contribution in [1.82, 2.24) is 4.90 Å². The molecule has 0 spiro atoms. The fourth-order valence-corrected chi connectivity index (χ4v) is 1.95. The molecular formula is C14H23N3O. The summed E-state index contributed by atoms with van der Waals surface area (Å²) < 4.78 is 5.36. The van der Waals surface area contributed by atoms with Crippen LogP contribution in [-0.2, 0) is 6.54 Å². The lowest BCUT2D eigenvalue weighted by Gasteiger charge is -2.21. The van der Waals surface area contributed by atoms with Crippen LogP contribution < -0.4 is 10.5 Å². The monoisotopic (exact) mass is 249 g/mol. The van der Waals surface area contributed by atoms with Gasteiger partial charge in [-0.05, 0) is 20.0 Å². The first-order chi connectivity index (χ1) is 8.43. The van der Waals surface area contributed by atoms with Crippen molar-refractivity contribution in [2.45, 2.75) is 20.4 Å². The molecule has 1 rings (SSSR count). The van der Waals surface area contributed by atoms with E-state index in [0.29, 0.717) is 0 Å². The first-order valence-electron chi connectivity index (χ1n) is 6.10. The number of methoxy groups -OCH3 is 1. The minimum Gasteiger partial charge on any atom is -0.496 e. The molecule has 1 aromatic carbocycles. The van der Waals surface area contributed by atoms with Crippen molar-refractivity contribution in [3.05, 3.63) is 29.3 Å². The van der Waals surface area contributed by atoms with E-state index in [9.17, 15) is 0 Å². The molecule has 4 nitrogen and oxygen atoms in total. The molecule has 0 aliphatic rings. The fourth-order valence-electron chi connectivity index (χ4n) is 1.95. The Morgan fingerprint density at radius 3 is 2.72 bits per heavy atom. The minimum absolute atomic E-state index is 0.0748. The van der Waals surface area contributed by atoms with E-state index in [1.807, 2.05) is 26.1 Å². The van der Waals surface area contributed by atoms with Crippen LogP contribution in [0.2, 0.25) is 0 Å². The third kappa shape index (κ3) is 4.04. The molecule has 1 aromatic rings. The second-order valence-corrected chi connectivity index (χ2v) is 4.87. The van der Waals surface area contributed by atoms with Crippen LogP contribution in [0.15, 0.2) is 18.2 Å². The Morgan fingerprint density at radius 2 is 2.17 bits per heavy atom. The molecule has 0 saturated heterocycles. The molecule has 0 amide bonds. The molecule has 1 atom stereocenters. The smallest absolute Gasteiger partial charge is 0.123 e. The van der Waals surface area contributed by atoms with E-state index in [-0.39, 0.29) is 11.8 Å². The van der Waals surface area contributed by atoms with Crippen molar-refractivity contribution in [3.8, 4) is 5.75 Å². The molecule has 100 valence electrons. The molecule has 0 bridgehead atoms. The molecule has 4 heteroatoms. The molecule has 1 unspecified atom stereocenters. The van der Waals surface area contributed by atoms with Gasteiger partial charge in [-0.15, -0.1) is 0 Å². The Balaban J connectivity index is 2.71. The zero-order valence-electron chi connectivity index (χ0n) is 11.7. The number of nitrogens with zero attached hydrogens (tertiary/aromatic N) is 1. The average Bonchev–Trinajstić information content (AvgIpc) is 2.28. The third-order valence-electron chi connectivity index (χ3n) is 2.99. The average molecular weight is 249 g/mol. The van der Waals surface area contributed by atoms with E-state index in [1.165, 1.54) is 5.56 Å². The first kappa shape index (κ1) is 14.5. The Morgan fingerprint density at radius 1 is 1.50 bits per heavy atom. The van der Waals surface area contributed by atoms with Gasteiger partial charge in [0, 0.05) is 24.6 Å². The quantitative estimate of drug-likeness (QED) is 0.599. The highest BCUT2D eigenvalue weighted by molar-refractivity contribution is 5.79. The third-order valence-corrected chi connectivity index (χ3v) is 2.99. The summed E-state index contributed by atoms with van der Waals surface area (Å²) in [6.45, 7) is 5.60. The molecule has 18 heavy (non-hydrogen) atoms. The van der Waals surface area contributed by atoms with Crippen LogP contribution >= 0.6 is 0 Å². The highest BCUT2D eigenvalue weighted by atomic mass is 16.5. The zero-order chi connectivity index (χ0) is 13.7. The lowest BCUT2D eigenvalue weighted by Crippen LogP contribution is -2.31. The number of nitrogens with two attached hydrogens (primary N) is 1. The van der Waals surface area contributed by atoms with E-state index in [4.69, 9.17) is 15.9 Å². The summed E-state index contributed by atoms with van der Waals surface area (Å²) in [7, 11) is 3.72. The number of hydrogen-bond donors (Lipinski definition) is 2. The van der Waals surface area contributed by atoms with Gasteiger partial charge >= 0.3 is 0 Å². The lowest BCUT2D eigenvalue weighted by molar-refractivity contribution is 0.299. The number of aryl methyl sites for hydroxylation is 1. The van der Waals surface area contributed by atoms with Crippen LogP contribution in [0, 0.1) is 18.3 Å². The predicted octanol–water partition coefficient (Wildman–Crippen LogP) is 2.01. The number of ether oxygens (including phenoxy) is 1. The van der Waals surface area contributed by atoms with Crippen LogP contribution in [0.1, 0.15) is 18.1 Å². The maximum Gasteiger partial charge on any atom is 0.123 e. The molecule has 0 radical (unpaired) electrons. The number of amidine groups is 1. The van der Waals surface area contributed by atoms with Crippen LogP contribution in [-0.4, -0.2) is 31.4 Å². The van der Waals surface area contributed by atoms with E-state index < -0.39 is 0 Å². The van der Waals surface area contributed by atoms with E-state index in [2.05, 4.69) is 17.9 Å². The van der Waals surface area contributed by atoms with Crippen molar-refractivity contribution in [1.29, 1.82) is 5.41 Å². The minimum atomic E-state index is 0.0748. The molecular weight excluding hydrogens is 226 g/mol. The summed E-state index contributed by atoms with van der Waals surface area (Å²) in [6.07, 6.45) is 0. The van der Waals surface area contributed by atoms with Crippen LogP contribution in [0.5, 0.6) is 5.75 Å². The van der Waals surface area contributed by atoms with Crippen LogP contribution in [0.4, 0.5) is 0 Å². The first-order valence-corrected chi connectivity index (χ1v) is 6.10. The van der Waals surface area contributed by atoms with Gasteiger partial charge in [-0.2, -0.15) is 0 Å². The molecule has 0 aliphatic heterocycles. The standard InChI is InChI=1S/C14H23N3O/c1-10-5-6-13(18-4)12(7-10)9-17(3)8-11(2)14(15)16/h5-7,11H,8-9H2,1-4H3,(H3,15,16). The molecule has 0 heterocycles. The Bertz CT molecular complexity index is 418. The summed E-state index contributed by atoms with van der Waals surface area (Å²) in [4.78, 5) is 2.16. The van der Waals surface area contributed by atoms with Crippen molar-refractivity contribution in [2.24, 2.45) is 11.7 Å². The van der Waals surface area contributed by atoms with Crippen molar-refractivity contribution >= 4 is 5.84 Å². The lowest BCUT2D eigenvalue weighted by atomic mass is 10.1. The summed E-state index contributed by atoms with van der Waals surface area (Å²) in [5, 5.41) is 7.41. The SMILES string of the molecule is COc1ccc(C)cc1CN(C)CC(C)C(=N)N. The topological polar surface area (TPSA) is 62.3 Å². The van der Waals surface area contributed by atoms with Crippen molar-refractivity contribution in [2.75, 3.05) is 20.7 Å². The number of hydrogen-bond acceptors (Lipinski definition) is 3. The van der Waals surface area contributed by atoms with Gasteiger partial charge in [0.25, 0.3) is 0 Å². The summed E-state index contributed by atoms with van der Waals surface area (Å²) in [6, 6.07) is 6.17. The van der Waals surface area contributed by atoms with Gasteiger partial charge < -0.3 is 15.4 Å². The van der Waals surface area contributed by atoms with E-state index in [0.717, 1.165) is 24.4 Å². The van der Waals surface area contributed by atoms with E-state index in [1.54, 1.807) is 7.11 Å². The van der Waals surface area contributed by atoms with Gasteiger partial charge in [0.15, 0.2) is 0 Å². The highest BCUT2D eigenvalue weighted by Crippen LogP contribution is 2.21. The van der Waals surface area contributed by atoms with Gasteiger partial charge in [-0.25, -0.2) is 0 Å². The number of benzene rings is 1. The molecule has 0 saturated carbocycles. The molecule has 0 aliphatic carbocycles. The maximum absolute atomic E-state index is 7.41. The second kappa shape index (κ2) is 6.40. The zero-order valence-corrected chi connectivity index (χ0v) is 11.7. The van der Waals surface area contributed by atoms with Gasteiger partial charge in [0.2, 0.25) is 0 Å². The molecule has 0 aromatic heterocycles.